The molecule has 1 aromatic carbocycles. The Balaban J connectivity index is 2.38. The second kappa shape index (κ2) is 5.73. The highest BCUT2D eigenvalue weighted by atomic mass is 35.5. The third-order valence-electron chi connectivity index (χ3n) is 2.55. The number of methoxy groups -OCH3 is 1. The topological polar surface area (TPSA) is 35.0 Å². The summed E-state index contributed by atoms with van der Waals surface area (Å²) in [6.45, 7) is 3.82. The molecule has 0 radical (unpaired) electrons. The molecule has 2 rings (SSSR count). The van der Waals surface area contributed by atoms with E-state index in [1.165, 1.54) is 12.7 Å². The number of hydrogen-bond donors (Lipinski definition) is 0. The smallest absolute Gasteiger partial charge is 0.250 e. The van der Waals surface area contributed by atoms with Crippen LogP contribution in [0.1, 0.15) is 22.5 Å². The van der Waals surface area contributed by atoms with Crippen LogP contribution in [0.2, 0.25) is 5.15 Å². The molecule has 0 atom stereocenters. The number of rotatable bonds is 1. The number of benzene rings is 1. The van der Waals surface area contributed by atoms with Crippen molar-refractivity contribution in [2.24, 2.45) is 0 Å². The Morgan fingerprint density at radius 1 is 1.05 bits per heavy atom. The van der Waals surface area contributed by atoms with E-state index < -0.39 is 0 Å². The van der Waals surface area contributed by atoms with E-state index in [0.717, 1.165) is 5.56 Å². The monoisotopic (exact) mass is 272 g/mol. The molecular weight excluding hydrogens is 260 g/mol. The predicted molar refractivity (Wildman–Crippen MR) is 75.5 cm³/mol. The number of halogens is 1. The first-order chi connectivity index (χ1) is 9.10. The summed E-state index contributed by atoms with van der Waals surface area (Å²) < 4.78 is 5.13. The minimum absolute atomic E-state index is 0.331. The van der Waals surface area contributed by atoms with Crippen LogP contribution in [0, 0.1) is 25.7 Å². The van der Waals surface area contributed by atoms with E-state index in [9.17, 15) is 0 Å². The lowest BCUT2D eigenvalue weighted by Gasteiger charge is -2.03. The summed E-state index contributed by atoms with van der Waals surface area (Å²) in [4.78, 5) is 8.38. The maximum Gasteiger partial charge on any atom is 0.250 e. The van der Waals surface area contributed by atoms with Gasteiger partial charge < -0.3 is 4.74 Å². The fourth-order valence-corrected chi connectivity index (χ4v) is 1.60. The molecule has 0 bridgehead atoms. The average Bonchev–Trinajstić information content (AvgIpc) is 2.41. The van der Waals surface area contributed by atoms with Crippen LogP contribution in [0.3, 0.4) is 0 Å². The maximum atomic E-state index is 5.90. The minimum atomic E-state index is 0.331. The number of ether oxygens (including phenoxy) is 1. The Labute approximate surface area is 117 Å². The molecule has 0 spiro atoms. The summed E-state index contributed by atoms with van der Waals surface area (Å²) in [6.07, 6.45) is 0. The minimum Gasteiger partial charge on any atom is -0.479 e. The van der Waals surface area contributed by atoms with Gasteiger partial charge in [0.05, 0.1) is 12.8 Å². The Morgan fingerprint density at radius 3 is 2.37 bits per heavy atom. The fraction of sp³-hybridized carbons (Fsp3) is 0.200. The van der Waals surface area contributed by atoms with Gasteiger partial charge >= 0.3 is 0 Å². The zero-order valence-electron chi connectivity index (χ0n) is 11.0. The van der Waals surface area contributed by atoms with Gasteiger partial charge in [0, 0.05) is 5.56 Å². The van der Waals surface area contributed by atoms with Crippen LogP contribution in [0.25, 0.3) is 0 Å². The molecule has 19 heavy (non-hydrogen) atoms. The zero-order chi connectivity index (χ0) is 13.8. The zero-order valence-corrected chi connectivity index (χ0v) is 11.7. The van der Waals surface area contributed by atoms with Gasteiger partial charge in [0.25, 0.3) is 0 Å². The first-order valence-corrected chi connectivity index (χ1v) is 6.15. The van der Waals surface area contributed by atoms with E-state index in [-0.39, 0.29) is 0 Å². The predicted octanol–water partition coefficient (Wildman–Crippen LogP) is 3.16. The molecular formula is C15H13ClN2O. The molecule has 0 amide bonds. The van der Waals surface area contributed by atoms with Gasteiger partial charge in [-0.25, -0.2) is 4.98 Å². The summed E-state index contributed by atoms with van der Waals surface area (Å²) in [6, 6.07) is 7.95. The summed E-state index contributed by atoms with van der Waals surface area (Å²) in [7, 11) is 1.52. The van der Waals surface area contributed by atoms with Crippen molar-refractivity contribution >= 4 is 11.6 Å². The van der Waals surface area contributed by atoms with Crippen molar-refractivity contribution in [2.75, 3.05) is 7.11 Å². The van der Waals surface area contributed by atoms with Gasteiger partial charge in [-0.15, -0.1) is 0 Å². The van der Waals surface area contributed by atoms with Crippen LogP contribution in [-0.4, -0.2) is 17.1 Å². The summed E-state index contributed by atoms with van der Waals surface area (Å²) in [5.41, 5.74) is 3.24. The van der Waals surface area contributed by atoms with E-state index in [2.05, 4.69) is 21.8 Å². The SMILES string of the molecule is COc1nc(Cl)c(C)nc1C#Cc1ccc(C)cc1. The first-order valence-electron chi connectivity index (χ1n) is 5.77. The molecule has 4 heteroatoms. The number of hydrogen-bond acceptors (Lipinski definition) is 3. The van der Waals surface area contributed by atoms with Crippen LogP contribution in [0.4, 0.5) is 0 Å². The van der Waals surface area contributed by atoms with Gasteiger partial charge in [-0.1, -0.05) is 35.2 Å². The van der Waals surface area contributed by atoms with Crippen molar-refractivity contribution in [3.05, 3.63) is 51.9 Å². The Hall–Kier alpha value is -2.05. The molecule has 0 saturated carbocycles. The average molecular weight is 273 g/mol. The van der Waals surface area contributed by atoms with Crippen LogP contribution in [0.15, 0.2) is 24.3 Å². The third-order valence-corrected chi connectivity index (χ3v) is 2.91. The van der Waals surface area contributed by atoms with Crippen molar-refractivity contribution < 1.29 is 4.74 Å². The Bertz CT molecular complexity index is 654. The standard InChI is InChI=1S/C15H13ClN2O/c1-10-4-6-12(7-5-10)8-9-13-15(19-3)18-14(16)11(2)17-13/h4-7H,1-3H3. The van der Waals surface area contributed by atoms with Gasteiger partial charge in [-0.05, 0) is 31.9 Å². The largest absolute Gasteiger partial charge is 0.479 e. The molecule has 1 heterocycles. The molecule has 2 aromatic rings. The molecule has 0 aliphatic heterocycles. The molecule has 0 fully saturated rings. The van der Waals surface area contributed by atoms with Crippen molar-refractivity contribution in [1.82, 2.24) is 9.97 Å². The highest BCUT2D eigenvalue weighted by Crippen LogP contribution is 2.18. The number of aromatic nitrogens is 2. The van der Waals surface area contributed by atoms with E-state index in [0.29, 0.717) is 22.4 Å². The van der Waals surface area contributed by atoms with Crippen molar-refractivity contribution in [1.29, 1.82) is 0 Å². The molecule has 96 valence electrons. The quantitative estimate of drug-likeness (QED) is 0.748. The van der Waals surface area contributed by atoms with Crippen LogP contribution >= 0.6 is 11.6 Å². The van der Waals surface area contributed by atoms with Crippen LogP contribution in [-0.2, 0) is 0 Å². The van der Waals surface area contributed by atoms with Gasteiger partial charge in [-0.2, -0.15) is 4.98 Å². The van der Waals surface area contributed by atoms with Gasteiger partial charge in [-0.3, -0.25) is 0 Å². The molecule has 1 aromatic heterocycles. The highest BCUT2D eigenvalue weighted by Gasteiger charge is 2.08. The van der Waals surface area contributed by atoms with Gasteiger partial charge in [0.15, 0.2) is 10.8 Å². The lowest BCUT2D eigenvalue weighted by atomic mass is 10.1. The summed E-state index contributed by atoms with van der Waals surface area (Å²) >= 11 is 5.90. The number of aryl methyl sites for hydroxylation is 2. The molecule has 3 nitrogen and oxygen atoms in total. The summed E-state index contributed by atoms with van der Waals surface area (Å²) in [5, 5.41) is 0.331. The van der Waals surface area contributed by atoms with E-state index in [1.54, 1.807) is 6.92 Å². The van der Waals surface area contributed by atoms with Gasteiger partial charge in [0.1, 0.15) is 0 Å². The van der Waals surface area contributed by atoms with Crippen LogP contribution in [0.5, 0.6) is 5.88 Å². The van der Waals surface area contributed by atoms with E-state index in [4.69, 9.17) is 16.3 Å². The maximum absolute atomic E-state index is 5.90. The number of nitrogens with zero attached hydrogens (tertiary/aromatic N) is 2. The molecule has 0 N–H and O–H groups in total. The lowest BCUT2D eigenvalue weighted by molar-refractivity contribution is 0.394. The second-order valence-corrected chi connectivity index (χ2v) is 4.43. The molecule has 0 aliphatic carbocycles. The van der Waals surface area contributed by atoms with E-state index in [1.807, 2.05) is 31.2 Å². The first kappa shape index (κ1) is 13.4. The van der Waals surface area contributed by atoms with Gasteiger partial charge in [0.2, 0.25) is 5.88 Å². The van der Waals surface area contributed by atoms with Crippen LogP contribution < -0.4 is 4.74 Å². The fourth-order valence-electron chi connectivity index (χ4n) is 1.48. The van der Waals surface area contributed by atoms with Crippen molar-refractivity contribution in [3.63, 3.8) is 0 Å². The normalized spacial score (nSPS) is 9.68. The second-order valence-electron chi connectivity index (χ2n) is 4.07. The molecule has 0 saturated heterocycles. The van der Waals surface area contributed by atoms with Crippen molar-refractivity contribution in [2.45, 2.75) is 13.8 Å². The van der Waals surface area contributed by atoms with E-state index >= 15 is 0 Å². The van der Waals surface area contributed by atoms with Crippen molar-refractivity contribution in [3.8, 4) is 17.7 Å². The molecule has 0 aliphatic rings. The Kier molecular flexibility index (Phi) is 4.03. The Morgan fingerprint density at radius 2 is 1.74 bits per heavy atom. The summed E-state index contributed by atoms with van der Waals surface area (Å²) in [5.74, 6) is 6.34. The third kappa shape index (κ3) is 3.24. The highest BCUT2D eigenvalue weighted by molar-refractivity contribution is 6.30. The lowest BCUT2D eigenvalue weighted by Crippen LogP contribution is -1.98. The molecule has 0 unspecified atom stereocenters.